The lowest BCUT2D eigenvalue weighted by molar-refractivity contribution is -0.121. The van der Waals surface area contributed by atoms with Crippen LogP contribution in [-0.4, -0.2) is 39.3 Å². The quantitative estimate of drug-likeness (QED) is 0.683. The molecule has 0 heterocycles. The molecule has 0 aliphatic heterocycles. The predicted molar refractivity (Wildman–Crippen MR) is 97.4 cm³/mol. The van der Waals surface area contributed by atoms with Crippen molar-refractivity contribution < 1.29 is 17.9 Å². The van der Waals surface area contributed by atoms with Crippen molar-refractivity contribution in [3.63, 3.8) is 0 Å². The Balaban J connectivity index is 0.00000529. The zero-order valence-electron chi connectivity index (χ0n) is 14.4. The molecule has 0 aromatic heterocycles. The van der Waals surface area contributed by atoms with Gasteiger partial charge in [-0.15, -0.1) is 12.4 Å². The highest BCUT2D eigenvalue weighted by Crippen LogP contribution is 2.16. The lowest BCUT2D eigenvalue weighted by Gasteiger charge is -2.26. The number of rotatable bonds is 9. The van der Waals surface area contributed by atoms with E-state index < -0.39 is 9.84 Å². The molecule has 0 radical (unpaired) electrons. The Morgan fingerprint density at radius 1 is 1.21 bits per heavy atom. The van der Waals surface area contributed by atoms with E-state index in [9.17, 15) is 13.2 Å². The van der Waals surface area contributed by atoms with E-state index in [-0.39, 0.29) is 41.8 Å². The maximum Gasteiger partial charge on any atom is 0.223 e. The van der Waals surface area contributed by atoms with Crippen LogP contribution in [0.3, 0.4) is 0 Å². The summed E-state index contributed by atoms with van der Waals surface area (Å²) in [5.41, 5.74) is 5.76. The van der Waals surface area contributed by atoms with Crippen molar-refractivity contribution >= 4 is 28.2 Å². The van der Waals surface area contributed by atoms with Crippen LogP contribution in [0.2, 0.25) is 0 Å². The van der Waals surface area contributed by atoms with Gasteiger partial charge in [-0.2, -0.15) is 0 Å². The highest BCUT2D eigenvalue weighted by atomic mass is 35.5. The minimum atomic E-state index is -3.21. The molecule has 0 spiro atoms. The van der Waals surface area contributed by atoms with Crippen LogP contribution in [-0.2, 0) is 14.6 Å². The van der Waals surface area contributed by atoms with Crippen LogP contribution in [0, 0.1) is 0 Å². The summed E-state index contributed by atoms with van der Waals surface area (Å²) >= 11 is 0. The van der Waals surface area contributed by atoms with Gasteiger partial charge in [0.05, 0.1) is 17.9 Å². The summed E-state index contributed by atoms with van der Waals surface area (Å²) in [5, 5.41) is 2.82. The number of sulfone groups is 1. The van der Waals surface area contributed by atoms with E-state index in [2.05, 4.69) is 5.32 Å². The van der Waals surface area contributed by atoms with E-state index in [1.54, 1.807) is 12.1 Å². The molecule has 8 heteroatoms. The molecule has 6 nitrogen and oxygen atoms in total. The molecule has 0 atom stereocenters. The fraction of sp³-hybridized carbons (Fsp3) is 0.562. The Bertz CT molecular complexity index is 613. The van der Waals surface area contributed by atoms with Gasteiger partial charge in [0, 0.05) is 18.3 Å². The first-order valence-electron chi connectivity index (χ1n) is 7.68. The van der Waals surface area contributed by atoms with Crippen molar-refractivity contribution in [1.29, 1.82) is 0 Å². The van der Waals surface area contributed by atoms with E-state index in [0.29, 0.717) is 12.3 Å². The zero-order valence-corrected chi connectivity index (χ0v) is 16.0. The second-order valence-corrected chi connectivity index (χ2v) is 7.70. The van der Waals surface area contributed by atoms with Gasteiger partial charge in [-0.05, 0) is 37.1 Å². The molecule has 0 bridgehead atoms. The van der Waals surface area contributed by atoms with Crippen molar-refractivity contribution in [2.45, 2.75) is 43.5 Å². The third-order valence-corrected chi connectivity index (χ3v) is 5.02. The molecule has 0 unspecified atom stereocenters. The van der Waals surface area contributed by atoms with Gasteiger partial charge in [0.1, 0.15) is 5.75 Å². The molecule has 1 amide bonds. The third kappa shape index (κ3) is 7.51. The Morgan fingerprint density at radius 2 is 1.75 bits per heavy atom. The number of amides is 1. The van der Waals surface area contributed by atoms with Crippen LogP contribution in [0.4, 0.5) is 0 Å². The monoisotopic (exact) mass is 378 g/mol. The van der Waals surface area contributed by atoms with Gasteiger partial charge >= 0.3 is 0 Å². The molecule has 1 aromatic carbocycles. The summed E-state index contributed by atoms with van der Waals surface area (Å²) in [4.78, 5) is 12.0. The lowest BCUT2D eigenvalue weighted by Crippen LogP contribution is -2.49. The molecule has 1 aromatic rings. The van der Waals surface area contributed by atoms with Crippen molar-refractivity contribution in [2.75, 3.05) is 19.4 Å². The van der Waals surface area contributed by atoms with Crippen LogP contribution in [0.15, 0.2) is 29.2 Å². The molecule has 24 heavy (non-hydrogen) atoms. The Kier molecular flexibility index (Phi) is 9.32. The van der Waals surface area contributed by atoms with Crippen molar-refractivity contribution in [3.8, 4) is 5.75 Å². The average molecular weight is 379 g/mol. The molecule has 1 rings (SSSR count). The maximum atomic E-state index is 11.8. The summed E-state index contributed by atoms with van der Waals surface area (Å²) in [6.45, 7) is 4.67. The van der Waals surface area contributed by atoms with Crippen LogP contribution < -0.4 is 15.8 Å². The SMILES string of the molecule is CCC(N)(CC)CNC(=O)CCOc1ccc(S(C)(=O)=O)cc1.Cl. The first kappa shape index (κ1) is 22.7. The number of carbonyl (C=O) groups excluding carboxylic acids is 1. The van der Waals surface area contributed by atoms with Gasteiger partial charge < -0.3 is 15.8 Å². The average Bonchev–Trinajstić information content (AvgIpc) is 2.52. The molecule has 138 valence electrons. The lowest BCUT2D eigenvalue weighted by atomic mass is 9.94. The first-order chi connectivity index (χ1) is 10.7. The standard InChI is InChI=1S/C16H26N2O4S.ClH/c1-4-16(17,5-2)12-18-15(19)10-11-22-13-6-8-14(9-7-13)23(3,20)21;/h6-9H,4-5,10-12,17H2,1-3H3,(H,18,19);1H. The van der Waals surface area contributed by atoms with Gasteiger partial charge in [0.15, 0.2) is 9.84 Å². The third-order valence-electron chi connectivity index (χ3n) is 3.90. The fourth-order valence-electron chi connectivity index (χ4n) is 1.91. The van der Waals surface area contributed by atoms with E-state index in [1.807, 2.05) is 13.8 Å². The highest BCUT2D eigenvalue weighted by Gasteiger charge is 2.20. The summed E-state index contributed by atoms with van der Waals surface area (Å²) in [6.07, 6.45) is 2.97. The number of halogens is 1. The van der Waals surface area contributed by atoms with E-state index in [1.165, 1.54) is 12.1 Å². The minimum Gasteiger partial charge on any atom is -0.493 e. The number of hydrogen-bond acceptors (Lipinski definition) is 5. The van der Waals surface area contributed by atoms with Crippen LogP contribution in [0.25, 0.3) is 0 Å². The molecular formula is C16H27ClN2O4S. The van der Waals surface area contributed by atoms with E-state index >= 15 is 0 Å². The molecule has 0 fully saturated rings. The summed E-state index contributed by atoms with van der Waals surface area (Å²) in [5.74, 6) is 0.412. The van der Waals surface area contributed by atoms with Gasteiger partial charge in [-0.25, -0.2) is 8.42 Å². The number of nitrogens with one attached hydrogen (secondary N) is 1. The number of hydrogen-bond donors (Lipinski definition) is 2. The Morgan fingerprint density at radius 3 is 2.21 bits per heavy atom. The maximum absolute atomic E-state index is 11.8. The van der Waals surface area contributed by atoms with Crippen molar-refractivity contribution in [2.24, 2.45) is 5.73 Å². The summed E-state index contributed by atoms with van der Waals surface area (Å²) in [7, 11) is -3.21. The van der Waals surface area contributed by atoms with Crippen molar-refractivity contribution in [1.82, 2.24) is 5.32 Å². The largest absolute Gasteiger partial charge is 0.493 e. The normalized spacial score (nSPS) is 11.5. The molecule has 0 saturated carbocycles. The number of benzene rings is 1. The van der Waals surface area contributed by atoms with Gasteiger partial charge in [-0.3, -0.25) is 4.79 Å². The smallest absolute Gasteiger partial charge is 0.223 e. The molecule has 0 aliphatic carbocycles. The second kappa shape index (κ2) is 9.86. The van der Waals surface area contributed by atoms with Crippen LogP contribution in [0.1, 0.15) is 33.1 Å². The predicted octanol–water partition coefficient (Wildman–Crippen LogP) is 1.91. The Hall–Kier alpha value is -1.31. The van der Waals surface area contributed by atoms with Gasteiger partial charge in [-0.1, -0.05) is 13.8 Å². The summed E-state index contributed by atoms with van der Waals surface area (Å²) in [6, 6.07) is 6.12. The fourth-order valence-corrected chi connectivity index (χ4v) is 2.54. The summed E-state index contributed by atoms with van der Waals surface area (Å²) < 4.78 is 28.1. The zero-order chi connectivity index (χ0) is 17.5. The van der Waals surface area contributed by atoms with Gasteiger partial charge in [0.25, 0.3) is 0 Å². The molecule has 3 N–H and O–H groups in total. The molecular weight excluding hydrogens is 352 g/mol. The minimum absolute atomic E-state index is 0. The van der Waals surface area contributed by atoms with E-state index in [0.717, 1.165) is 19.1 Å². The van der Waals surface area contributed by atoms with Gasteiger partial charge in [0.2, 0.25) is 5.91 Å². The Labute approximate surface area is 150 Å². The first-order valence-corrected chi connectivity index (χ1v) is 9.58. The van der Waals surface area contributed by atoms with Crippen LogP contribution >= 0.6 is 12.4 Å². The topological polar surface area (TPSA) is 98.5 Å². The highest BCUT2D eigenvalue weighted by molar-refractivity contribution is 7.90. The molecule has 0 aliphatic rings. The second-order valence-electron chi connectivity index (χ2n) is 5.69. The van der Waals surface area contributed by atoms with E-state index in [4.69, 9.17) is 10.5 Å². The van der Waals surface area contributed by atoms with Crippen molar-refractivity contribution in [3.05, 3.63) is 24.3 Å². The number of carbonyl (C=O) groups is 1. The number of nitrogens with two attached hydrogens (primary N) is 1. The van der Waals surface area contributed by atoms with Crippen LogP contribution in [0.5, 0.6) is 5.75 Å². The number of ether oxygens (including phenoxy) is 1. The molecule has 0 saturated heterocycles.